The molecule has 0 aliphatic heterocycles. The molecule has 1 unspecified atom stereocenters. The molecule has 0 saturated carbocycles. The van der Waals surface area contributed by atoms with Gasteiger partial charge in [0.05, 0.1) is 34.6 Å². The number of fused-ring (bicyclic) bond motifs is 1. The molecule has 0 spiro atoms. The van der Waals surface area contributed by atoms with Gasteiger partial charge in [-0.2, -0.15) is 5.10 Å². The Morgan fingerprint density at radius 3 is 3.18 bits per heavy atom. The number of aromatic nitrogens is 3. The van der Waals surface area contributed by atoms with E-state index in [0.717, 1.165) is 22.3 Å². The number of nitrogens with zero attached hydrogens (tertiary/aromatic N) is 2. The van der Waals surface area contributed by atoms with E-state index in [-0.39, 0.29) is 6.04 Å². The monoisotopic (exact) mass is 244 g/mol. The van der Waals surface area contributed by atoms with Crippen molar-refractivity contribution in [3.8, 4) is 0 Å². The maximum Gasteiger partial charge on any atom is 0.0881 e. The molecule has 3 rings (SSSR count). The van der Waals surface area contributed by atoms with Gasteiger partial charge >= 0.3 is 0 Å². The van der Waals surface area contributed by atoms with E-state index >= 15 is 0 Å². The van der Waals surface area contributed by atoms with E-state index < -0.39 is 0 Å². The zero-order chi connectivity index (χ0) is 11.7. The van der Waals surface area contributed by atoms with Crippen LogP contribution in [0, 0.1) is 0 Å². The molecule has 0 fully saturated rings. The van der Waals surface area contributed by atoms with Crippen LogP contribution in [-0.2, 0) is 0 Å². The molecular weight excluding hydrogens is 232 g/mol. The Bertz CT molecular complexity index is 614. The van der Waals surface area contributed by atoms with E-state index in [1.54, 1.807) is 11.3 Å². The molecule has 0 saturated heterocycles. The van der Waals surface area contributed by atoms with Crippen LogP contribution in [0.15, 0.2) is 35.3 Å². The Hall–Kier alpha value is -1.88. The summed E-state index contributed by atoms with van der Waals surface area (Å²) in [4.78, 5) is 4.31. The van der Waals surface area contributed by atoms with Gasteiger partial charge in [-0.1, -0.05) is 12.1 Å². The zero-order valence-corrected chi connectivity index (χ0v) is 10.2. The first-order valence-electron chi connectivity index (χ1n) is 5.41. The molecule has 86 valence electrons. The molecule has 1 aromatic carbocycles. The predicted octanol–water partition coefficient (Wildman–Crippen LogP) is 3.19. The van der Waals surface area contributed by atoms with Crippen molar-refractivity contribution >= 4 is 27.9 Å². The minimum absolute atomic E-state index is 0.190. The van der Waals surface area contributed by atoms with Crippen molar-refractivity contribution < 1.29 is 0 Å². The van der Waals surface area contributed by atoms with Gasteiger partial charge in [-0.15, -0.1) is 11.3 Å². The summed E-state index contributed by atoms with van der Waals surface area (Å²) >= 11 is 1.61. The normalized spacial score (nSPS) is 12.8. The van der Waals surface area contributed by atoms with Gasteiger partial charge in [0.1, 0.15) is 0 Å². The SMILES string of the molecule is CC(Nc1cccc2cn[nH]c12)c1cscn1. The highest BCUT2D eigenvalue weighted by atomic mass is 32.1. The minimum atomic E-state index is 0.190. The smallest absolute Gasteiger partial charge is 0.0881 e. The summed E-state index contributed by atoms with van der Waals surface area (Å²) in [6, 6.07) is 6.30. The molecule has 2 N–H and O–H groups in total. The van der Waals surface area contributed by atoms with Crippen molar-refractivity contribution in [2.45, 2.75) is 13.0 Å². The van der Waals surface area contributed by atoms with E-state index in [1.165, 1.54) is 0 Å². The van der Waals surface area contributed by atoms with Crippen LogP contribution < -0.4 is 5.32 Å². The van der Waals surface area contributed by atoms with Gasteiger partial charge in [-0.3, -0.25) is 5.10 Å². The molecular formula is C12H12N4S. The van der Waals surface area contributed by atoms with Crippen LogP contribution in [0.25, 0.3) is 10.9 Å². The van der Waals surface area contributed by atoms with Gasteiger partial charge in [0.2, 0.25) is 0 Å². The molecule has 2 heterocycles. The summed E-state index contributed by atoms with van der Waals surface area (Å²) < 4.78 is 0. The number of hydrogen-bond donors (Lipinski definition) is 2. The Balaban J connectivity index is 1.92. The lowest BCUT2D eigenvalue weighted by atomic mass is 10.2. The zero-order valence-electron chi connectivity index (χ0n) is 9.34. The van der Waals surface area contributed by atoms with Crippen molar-refractivity contribution in [1.29, 1.82) is 0 Å². The second-order valence-electron chi connectivity index (χ2n) is 3.92. The number of H-pyrrole nitrogens is 1. The number of rotatable bonds is 3. The Labute approximate surface area is 103 Å². The quantitative estimate of drug-likeness (QED) is 0.744. The first kappa shape index (κ1) is 10.3. The van der Waals surface area contributed by atoms with Crippen molar-refractivity contribution in [3.05, 3.63) is 41.0 Å². The Morgan fingerprint density at radius 2 is 2.35 bits per heavy atom. The highest BCUT2D eigenvalue weighted by Gasteiger charge is 2.09. The first-order valence-corrected chi connectivity index (χ1v) is 6.35. The highest BCUT2D eigenvalue weighted by molar-refractivity contribution is 7.07. The topological polar surface area (TPSA) is 53.6 Å². The summed E-state index contributed by atoms with van der Waals surface area (Å²) in [5, 5.41) is 13.7. The van der Waals surface area contributed by atoms with E-state index in [1.807, 2.05) is 29.9 Å². The van der Waals surface area contributed by atoms with Gasteiger partial charge in [-0.25, -0.2) is 4.98 Å². The van der Waals surface area contributed by atoms with Crippen molar-refractivity contribution in [3.63, 3.8) is 0 Å². The van der Waals surface area contributed by atoms with Gasteiger partial charge < -0.3 is 5.32 Å². The highest BCUT2D eigenvalue weighted by Crippen LogP contribution is 2.25. The number of anilines is 1. The van der Waals surface area contributed by atoms with Crippen LogP contribution in [0.5, 0.6) is 0 Å². The van der Waals surface area contributed by atoms with Gasteiger partial charge in [0.25, 0.3) is 0 Å². The number of hydrogen-bond acceptors (Lipinski definition) is 4. The molecule has 17 heavy (non-hydrogen) atoms. The molecule has 5 heteroatoms. The lowest BCUT2D eigenvalue weighted by Crippen LogP contribution is -2.07. The number of aromatic amines is 1. The van der Waals surface area contributed by atoms with Gasteiger partial charge in [0, 0.05) is 10.8 Å². The van der Waals surface area contributed by atoms with Crippen LogP contribution in [0.4, 0.5) is 5.69 Å². The number of nitrogens with one attached hydrogen (secondary N) is 2. The fraction of sp³-hybridized carbons (Fsp3) is 0.167. The van der Waals surface area contributed by atoms with E-state index in [9.17, 15) is 0 Å². The Morgan fingerprint density at radius 1 is 1.41 bits per heavy atom. The molecule has 0 aliphatic rings. The van der Waals surface area contributed by atoms with Crippen LogP contribution in [0.1, 0.15) is 18.7 Å². The molecule has 0 amide bonds. The summed E-state index contributed by atoms with van der Waals surface area (Å²) in [6.07, 6.45) is 1.83. The number of para-hydroxylation sites is 1. The summed E-state index contributed by atoms with van der Waals surface area (Å²) in [5.74, 6) is 0. The summed E-state index contributed by atoms with van der Waals surface area (Å²) in [7, 11) is 0. The van der Waals surface area contributed by atoms with Crippen molar-refractivity contribution in [2.75, 3.05) is 5.32 Å². The molecule has 0 radical (unpaired) electrons. The lowest BCUT2D eigenvalue weighted by molar-refractivity contribution is 0.851. The molecule has 0 aliphatic carbocycles. The van der Waals surface area contributed by atoms with Gasteiger partial charge in [-0.05, 0) is 13.0 Å². The van der Waals surface area contributed by atoms with Gasteiger partial charge in [0.15, 0.2) is 0 Å². The van der Waals surface area contributed by atoms with E-state index in [4.69, 9.17) is 0 Å². The minimum Gasteiger partial charge on any atom is -0.375 e. The fourth-order valence-electron chi connectivity index (χ4n) is 1.83. The Kier molecular flexibility index (Phi) is 2.53. The third-order valence-electron chi connectivity index (χ3n) is 2.74. The van der Waals surface area contributed by atoms with E-state index in [0.29, 0.717) is 0 Å². The molecule has 3 aromatic rings. The maximum absolute atomic E-state index is 4.31. The molecule has 1 atom stereocenters. The van der Waals surface area contributed by atoms with Crippen LogP contribution >= 0.6 is 11.3 Å². The summed E-state index contributed by atoms with van der Waals surface area (Å²) in [6.45, 7) is 2.10. The third-order valence-corrected chi connectivity index (χ3v) is 3.35. The fourth-order valence-corrected chi connectivity index (χ4v) is 2.48. The molecule has 2 aromatic heterocycles. The average molecular weight is 244 g/mol. The standard InChI is InChI=1S/C12H12N4S/c1-8(11-6-17-7-13-11)15-10-4-2-3-9-5-14-16-12(9)10/h2-8,15H,1H3,(H,14,16). The second kappa shape index (κ2) is 4.18. The third kappa shape index (κ3) is 1.89. The molecule has 0 bridgehead atoms. The number of thiazole rings is 1. The largest absolute Gasteiger partial charge is 0.375 e. The number of benzene rings is 1. The first-order chi connectivity index (χ1) is 8.34. The lowest BCUT2D eigenvalue weighted by Gasteiger charge is -2.13. The maximum atomic E-state index is 4.31. The van der Waals surface area contributed by atoms with Crippen molar-refractivity contribution in [1.82, 2.24) is 15.2 Å². The summed E-state index contributed by atoms with van der Waals surface area (Å²) in [5.41, 5.74) is 5.01. The molecule has 4 nitrogen and oxygen atoms in total. The van der Waals surface area contributed by atoms with Crippen LogP contribution in [0.2, 0.25) is 0 Å². The van der Waals surface area contributed by atoms with Crippen LogP contribution in [0.3, 0.4) is 0 Å². The average Bonchev–Trinajstić information content (AvgIpc) is 3.00. The van der Waals surface area contributed by atoms with E-state index in [2.05, 4.69) is 32.8 Å². The van der Waals surface area contributed by atoms with Crippen LogP contribution in [-0.4, -0.2) is 15.2 Å². The predicted molar refractivity (Wildman–Crippen MR) is 70.2 cm³/mol. The van der Waals surface area contributed by atoms with Crippen molar-refractivity contribution in [2.24, 2.45) is 0 Å². The second-order valence-corrected chi connectivity index (χ2v) is 4.64.